The van der Waals surface area contributed by atoms with Gasteiger partial charge in [0.05, 0.1) is 18.1 Å². The van der Waals surface area contributed by atoms with Crippen molar-refractivity contribution in [2.45, 2.75) is 24.8 Å². The quantitative estimate of drug-likeness (QED) is 0.684. The van der Waals surface area contributed by atoms with E-state index in [1.54, 1.807) is 7.05 Å². The molecule has 1 N–H and O–H groups in total. The largest absolute Gasteiger partial charge is 0.379 e. The molecule has 1 heterocycles. The van der Waals surface area contributed by atoms with Crippen molar-refractivity contribution in [3.05, 3.63) is 60.2 Å². The third-order valence-electron chi connectivity index (χ3n) is 5.40. The molecule has 1 unspecified atom stereocenters. The molecule has 1 aliphatic rings. The molecule has 0 bridgehead atoms. The van der Waals surface area contributed by atoms with Crippen molar-refractivity contribution >= 4 is 27.5 Å². The summed E-state index contributed by atoms with van der Waals surface area (Å²) >= 11 is 0. The highest BCUT2D eigenvalue weighted by Crippen LogP contribution is 2.19. The van der Waals surface area contributed by atoms with Gasteiger partial charge in [-0.25, -0.2) is 8.42 Å². The maximum Gasteiger partial charge on any atom is 0.251 e. The molecule has 32 heavy (non-hydrogen) atoms. The lowest BCUT2D eigenvalue weighted by atomic mass is 10.0. The zero-order valence-electron chi connectivity index (χ0n) is 18.5. The van der Waals surface area contributed by atoms with Gasteiger partial charge in [0.2, 0.25) is 15.9 Å². The van der Waals surface area contributed by atoms with E-state index in [-0.39, 0.29) is 35.4 Å². The third kappa shape index (κ3) is 5.35. The van der Waals surface area contributed by atoms with Crippen LogP contribution in [0.3, 0.4) is 0 Å². The van der Waals surface area contributed by atoms with Crippen LogP contribution in [-0.4, -0.2) is 63.9 Å². The SMILES string of the molecule is CC(C)C(NC(=O)c1cccc(S(=O)(=O)N2CCOCC2)c1)C(=O)N(C)c1ccccc1. The minimum Gasteiger partial charge on any atom is -0.379 e. The first-order valence-corrected chi connectivity index (χ1v) is 12.0. The number of ether oxygens (including phenoxy) is 1. The monoisotopic (exact) mass is 459 g/mol. The molecule has 0 radical (unpaired) electrons. The normalized spacial score (nSPS) is 15.9. The van der Waals surface area contributed by atoms with E-state index in [0.717, 1.165) is 5.69 Å². The molecule has 1 fully saturated rings. The van der Waals surface area contributed by atoms with Gasteiger partial charge in [0.1, 0.15) is 6.04 Å². The van der Waals surface area contributed by atoms with Crippen LogP contribution in [0.1, 0.15) is 24.2 Å². The zero-order valence-corrected chi connectivity index (χ0v) is 19.3. The maximum atomic E-state index is 13.1. The first-order chi connectivity index (χ1) is 15.2. The molecule has 1 atom stereocenters. The molecule has 2 aromatic rings. The Morgan fingerprint density at radius 2 is 1.69 bits per heavy atom. The van der Waals surface area contributed by atoms with Gasteiger partial charge in [-0.3, -0.25) is 9.59 Å². The predicted octanol–water partition coefficient (Wildman–Crippen LogP) is 2.12. The van der Waals surface area contributed by atoms with E-state index in [0.29, 0.717) is 13.2 Å². The number of hydrogen-bond acceptors (Lipinski definition) is 5. The Labute approximate surface area is 189 Å². The van der Waals surface area contributed by atoms with Crippen molar-refractivity contribution in [2.75, 3.05) is 38.3 Å². The third-order valence-corrected chi connectivity index (χ3v) is 7.29. The van der Waals surface area contributed by atoms with E-state index in [1.165, 1.54) is 33.5 Å². The Morgan fingerprint density at radius 1 is 1.03 bits per heavy atom. The fourth-order valence-electron chi connectivity index (χ4n) is 3.46. The Balaban J connectivity index is 1.79. The van der Waals surface area contributed by atoms with Crippen LogP contribution in [0.15, 0.2) is 59.5 Å². The summed E-state index contributed by atoms with van der Waals surface area (Å²) in [5, 5.41) is 2.78. The predicted molar refractivity (Wildman–Crippen MR) is 122 cm³/mol. The second-order valence-corrected chi connectivity index (χ2v) is 9.91. The summed E-state index contributed by atoms with van der Waals surface area (Å²) < 4.78 is 32.4. The first-order valence-electron chi connectivity index (χ1n) is 10.5. The summed E-state index contributed by atoms with van der Waals surface area (Å²) in [6, 6.07) is 14.3. The molecule has 3 rings (SSSR count). The van der Waals surface area contributed by atoms with Crippen LogP contribution >= 0.6 is 0 Å². The van der Waals surface area contributed by atoms with Gasteiger partial charge in [0.15, 0.2) is 0 Å². The standard InChI is InChI=1S/C23H29N3O5S/c1-17(2)21(23(28)25(3)19-9-5-4-6-10-19)24-22(27)18-8-7-11-20(16-18)32(29,30)26-12-14-31-15-13-26/h4-11,16-17,21H,12-15H2,1-3H3,(H,24,27). The Bertz CT molecular complexity index is 1050. The molecule has 0 saturated carbocycles. The number of nitrogens with zero attached hydrogens (tertiary/aromatic N) is 2. The molecule has 0 aliphatic carbocycles. The number of morpholine rings is 1. The number of benzene rings is 2. The summed E-state index contributed by atoms with van der Waals surface area (Å²) in [6.07, 6.45) is 0. The molecular weight excluding hydrogens is 430 g/mol. The number of amides is 2. The van der Waals surface area contributed by atoms with Crippen LogP contribution in [0, 0.1) is 5.92 Å². The molecule has 172 valence electrons. The highest BCUT2D eigenvalue weighted by atomic mass is 32.2. The average Bonchev–Trinajstić information content (AvgIpc) is 2.82. The summed E-state index contributed by atoms with van der Waals surface area (Å²) in [6.45, 7) is 4.92. The smallest absolute Gasteiger partial charge is 0.251 e. The fraction of sp³-hybridized carbons (Fsp3) is 0.391. The molecule has 1 aliphatic heterocycles. The summed E-state index contributed by atoms with van der Waals surface area (Å²) in [5.74, 6) is -0.924. The summed E-state index contributed by atoms with van der Waals surface area (Å²) in [4.78, 5) is 27.6. The highest BCUT2D eigenvalue weighted by Gasteiger charge is 2.30. The lowest BCUT2D eigenvalue weighted by Gasteiger charge is -2.27. The van der Waals surface area contributed by atoms with Crippen LogP contribution in [-0.2, 0) is 19.6 Å². The number of carbonyl (C=O) groups is 2. The highest BCUT2D eigenvalue weighted by molar-refractivity contribution is 7.89. The van der Waals surface area contributed by atoms with Crippen molar-refractivity contribution in [2.24, 2.45) is 5.92 Å². The zero-order chi connectivity index (χ0) is 23.3. The second-order valence-electron chi connectivity index (χ2n) is 7.97. The number of hydrogen-bond donors (Lipinski definition) is 1. The van der Waals surface area contributed by atoms with Crippen molar-refractivity contribution < 1.29 is 22.7 Å². The summed E-state index contributed by atoms with van der Waals surface area (Å²) in [5.41, 5.74) is 0.899. The van der Waals surface area contributed by atoms with Gasteiger partial charge >= 0.3 is 0 Å². The van der Waals surface area contributed by atoms with Gasteiger partial charge in [-0.05, 0) is 36.2 Å². The number of para-hydroxylation sites is 1. The number of anilines is 1. The number of nitrogens with one attached hydrogen (secondary N) is 1. The fourth-order valence-corrected chi connectivity index (χ4v) is 4.91. The first kappa shape index (κ1) is 23.9. The molecule has 8 nitrogen and oxygen atoms in total. The van der Waals surface area contributed by atoms with Crippen LogP contribution in [0.25, 0.3) is 0 Å². The Morgan fingerprint density at radius 3 is 2.31 bits per heavy atom. The average molecular weight is 460 g/mol. The molecular formula is C23H29N3O5S. The van der Waals surface area contributed by atoms with E-state index >= 15 is 0 Å². The van der Waals surface area contributed by atoms with Crippen molar-refractivity contribution in [3.8, 4) is 0 Å². The van der Waals surface area contributed by atoms with Gasteiger partial charge < -0.3 is 15.0 Å². The number of rotatable bonds is 7. The van der Waals surface area contributed by atoms with Gasteiger partial charge in [0.25, 0.3) is 5.91 Å². The van der Waals surface area contributed by atoms with Gasteiger partial charge in [-0.15, -0.1) is 0 Å². The van der Waals surface area contributed by atoms with E-state index in [9.17, 15) is 18.0 Å². The van der Waals surface area contributed by atoms with Gasteiger partial charge in [-0.2, -0.15) is 4.31 Å². The lowest BCUT2D eigenvalue weighted by molar-refractivity contribution is -0.121. The van der Waals surface area contributed by atoms with Gasteiger partial charge in [-0.1, -0.05) is 38.1 Å². The number of likely N-dealkylation sites (N-methyl/N-ethyl adjacent to an activating group) is 1. The van der Waals surface area contributed by atoms with Gasteiger partial charge in [0, 0.05) is 31.4 Å². The molecule has 2 aromatic carbocycles. The second kappa shape index (κ2) is 10.2. The maximum absolute atomic E-state index is 13.1. The van der Waals surface area contributed by atoms with Crippen LogP contribution in [0.4, 0.5) is 5.69 Å². The lowest BCUT2D eigenvalue weighted by Crippen LogP contribution is -2.50. The minimum atomic E-state index is -3.73. The van der Waals surface area contributed by atoms with E-state index < -0.39 is 22.0 Å². The van der Waals surface area contributed by atoms with Crippen LogP contribution in [0.2, 0.25) is 0 Å². The topological polar surface area (TPSA) is 96.0 Å². The van der Waals surface area contributed by atoms with E-state index in [2.05, 4.69) is 5.32 Å². The van der Waals surface area contributed by atoms with Crippen molar-refractivity contribution in [1.82, 2.24) is 9.62 Å². The van der Waals surface area contributed by atoms with E-state index in [4.69, 9.17) is 4.74 Å². The van der Waals surface area contributed by atoms with Crippen LogP contribution < -0.4 is 10.2 Å². The molecule has 1 saturated heterocycles. The molecule has 2 amide bonds. The Hall–Kier alpha value is -2.75. The van der Waals surface area contributed by atoms with Crippen LogP contribution in [0.5, 0.6) is 0 Å². The Kier molecular flexibility index (Phi) is 7.65. The molecule has 9 heteroatoms. The van der Waals surface area contributed by atoms with Crippen molar-refractivity contribution in [3.63, 3.8) is 0 Å². The molecule has 0 aromatic heterocycles. The minimum absolute atomic E-state index is 0.0425. The van der Waals surface area contributed by atoms with Crippen molar-refractivity contribution in [1.29, 1.82) is 0 Å². The number of carbonyl (C=O) groups excluding carboxylic acids is 2. The molecule has 0 spiro atoms. The number of sulfonamides is 1. The van der Waals surface area contributed by atoms with E-state index in [1.807, 2.05) is 44.2 Å². The summed E-state index contributed by atoms with van der Waals surface area (Å²) in [7, 11) is -2.07.